The lowest BCUT2D eigenvalue weighted by Gasteiger charge is -2.11. The van der Waals surface area contributed by atoms with E-state index >= 15 is 0 Å². The minimum atomic E-state index is -0.0300. The fourth-order valence-electron chi connectivity index (χ4n) is 6.52. The van der Waals surface area contributed by atoms with Gasteiger partial charge in [0.05, 0.1) is 21.8 Å². The van der Waals surface area contributed by atoms with E-state index in [1.807, 2.05) is 48.5 Å². The van der Waals surface area contributed by atoms with Gasteiger partial charge in [-0.25, -0.2) is 0 Å². The van der Waals surface area contributed by atoms with Crippen LogP contribution in [0.2, 0.25) is 0 Å². The molecule has 4 heteroatoms. The molecule has 0 atom stereocenters. The van der Waals surface area contributed by atoms with Gasteiger partial charge in [-0.05, 0) is 24.3 Å². The first-order valence-corrected chi connectivity index (χ1v) is 13.7. The van der Waals surface area contributed by atoms with Crippen molar-refractivity contribution in [2.45, 2.75) is 0 Å². The Morgan fingerprint density at radius 1 is 0.390 bits per heavy atom. The second-order valence-corrected chi connectivity index (χ2v) is 10.6. The van der Waals surface area contributed by atoms with Crippen molar-refractivity contribution >= 4 is 65.6 Å². The normalized spacial score (nSPS) is 12.0. The van der Waals surface area contributed by atoms with Gasteiger partial charge < -0.3 is 14.4 Å². The van der Waals surface area contributed by atoms with Crippen LogP contribution in [0, 0.1) is 0 Å². The van der Waals surface area contributed by atoms with Gasteiger partial charge in [0, 0.05) is 54.8 Å². The number of hydrogen-bond acceptors (Lipinski definition) is 2. The van der Waals surface area contributed by atoms with Crippen LogP contribution in [0.3, 0.4) is 0 Å². The number of aromatic amines is 2. The van der Waals surface area contributed by atoms with E-state index in [9.17, 15) is 4.79 Å². The zero-order valence-corrected chi connectivity index (χ0v) is 21.9. The van der Waals surface area contributed by atoms with Crippen LogP contribution in [0.4, 0.5) is 0 Å². The van der Waals surface area contributed by atoms with Crippen LogP contribution in [0.25, 0.3) is 87.8 Å². The highest BCUT2D eigenvalue weighted by molar-refractivity contribution is 6.15. The van der Waals surface area contributed by atoms with Crippen molar-refractivity contribution in [3.05, 3.63) is 132 Å². The number of fused-ring (bicyclic) bond motifs is 8. The standard InChI is InChI=1S/C37H22N2O2/c40-35-29-17-7-15-27(25-13-5-11-23-21-9-1-3-19-31(21)38-33(23)25)36(29)41-37-28(16-8-18-30(35)37)26-14-6-12-24-22-10-2-4-20-32(22)39-34(24)26/h1-20,38-39H. The van der Waals surface area contributed by atoms with E-state index < -0.39 is 0 Å². The van der Waals surface area contributed by atoms with Crippen molar-refractivity contribution in [2.75, 3.05) is 0 Å². The third-order valence-electron chi connectivity index (χ3n) is 8.39. The molecule has 2 N–H and O–H groups in total. The van der Waals surface area contributed by atoms with Gasteiger partial charge in [0.2, 0.25) is 5.43 Å². The molecule has 0 amide bonds. The molecule has 0 spiro atoms. The highest BCUT2D eigenvalue weighted by atomic mass is 16.3. The molecule has 0 aliphatic carbocycles. The van der Waals surface area contributed by atoms with Gasteiger partial charge in [0.25, 0.3) is 0 Å². The lowest BCUT2D eigenvalue weighted by atomic mass is 9.97. The number of H-pyrrole nitrogens is 2. The first-order chi connectivity index (χ1) is 20.3. The Bertz CT molecular complexity index is 2390. The summed E-state index contributed by atoms with van der Waals surface area (Å²) < 4.78 is 6.82. The smallest absolute Gasteiger partial charge is 0.200 e. The molecule has 3 heterocycles. The molecular weight excluding hydrogens is 504 g/mol. The molecule has 0 aliphatic heterocycles. The fraction of sp³-hybridized carbons (Fsp3) is 0. The van der Waals surface area contributed by atoms with Crippen LogP contribution in [0.5, 0.6) is 0 Å². The first kappa shape index (κ1) is 22.2. The van der Waals surface area contributed by atoms with Gasteiger partial charge in [-0.2, -0.15) is 0 Å². The quantitative estimate of drug-likeness (QED) is 0.220. The van der Waals surface area contributed by atoms with Gasteiger partial charge in [-0.15, -0.1) is 0 Å². The second kappa shape index (κ2) is 8.20. The monoisotopic (exact) mass is 526 g/mol. The SMILES string of the molecule is O=c1c2cccc(-c3cccc4c3[nH]c3ccccc34)c2oc2c(-c3cccc4c3[nH]c3ccccc34)cccc12. The van der Waals surface area contributed by atoms with Crippen molar-refractivity contribution in [3.8, 4) is 22.3 Å². The van der Waals surface area contributed by atoms with E-state index in [-0.39, 0.29) is 5.43 Å². The summed E-state index contributed by atoms with van der Waals surface area (Å²) in [5, 5.41) is 5.78. The number of para-hydroxylation sites is 6. The molecule has 6 aromatic carbocycles. The summed E-state index contributed by atoms with van der Waals surface area (Å²) in [4.78, 5) is 21.2. The van der Waals surface area contributed by atoms with Crippen molar-refractivity contribution in [1.82, 2.24) is 9.97 Å². The van der Waals surface area contributed by atoms with Crippen LogP contribution in [0.15, 0.2) is 131 Å². The molecule has 0 bridgehead atoms. The summed E-state index contributed by atoms with van der Waals surface area (Å²) in [5.74, 6) is 0. The Labute approximate surface area is 233 Å². The van der Waals surface area contributed by atoms with E-state index in [0.29, 0.717) is 21.9 Å². The maximum Gasteiger partial charge on any atom is 0.200 e. The molecule has 0 unspecified atom stereocenters. The summed E-state index contributed by atoms with van der Waals surface area (Å²) in [6.07, 6.45) is 0. The molecule has 192 valence electrons. The summed E-state index contributed by atoms with van der Waals surface area (Å²) in [6.45, 7) is 0. The van der Waals surface area contributed by atoms with E-state index in [1.54, 1.807) is 0 Å². The van der Waals surface area contributed by atoms with Gasteiger partial charge in [0.1, 0.15) is 11.2 Å². The van der Waals surface area contributed by atoms with Crippen LogP contribution in [-0.2, 0) is 0 Å². The molecule has 0 radical (unpaired) electrons. The van der Waals surface area contributed by atoms with Crippen LogP contribution in [0.1, 0.15) is 0 Å². The highest BCUT2D eigenvalue weighted by Crippen LogP contribution is 2.40. The van der Waals surface area contributed by atoms with Crippen molar-refractivity contribution in [1.29, 1.82) is 0 Å². The molecule has 0 saturated carbocycles. The molecule has 0 aliphatic rings. The predicted molar refractivity (Wildman–Crippen MR) is 170 cm³/mol. The lowest BCUT2D eigenvalue weighted by Crippen LogP contribution is -2.03. The molecule has 4 nitrogen and oxygen atoms in total. The van der Waals surface area contributed by atoms with Crippen molar-refractivity contribution < 1.29 is 4.42 Å². The topological polar surface area (TPSA) is 61.8 Å². The fourth-order valence-corrected chi connectivity index (χ4v) is 6.52. The van der Waals surface area contributed by atoms with E-state index in [2.05, 4.69) is 82.8 Å². The number of nitrogens with one attached hydrogen (secondary N) is 2. The second-order valence-electron chi connectivity index (χ2n) is 10.6. The number of rotatable bonds is 2. The third-order valence-corrected chi connectivity index (χ3v) is 8.39. The summed E-state index contributed by atoms with van der Waals surface area (Å²) in [5.41, 5.74) is 9.14. The molecule has 0 fully saturated rings. The number of benzene rings is 6. The Balaban J connectivity index is 1.37. The van der Waals surface area contributed by atoms with Gasteiger partial charge >= 0.3 is 0 Å². The maximum absolute atomic E-state index is 14.0. The summed E-state index contributed by atoms with van der Waals surface area (Å²) in [7, 11) is 0. The van der Waals surface area contributed by atoms with Gasteiger partial charge in [-0.1, -0.05) is 97.1 Å². The van der Waals surface area contributed by atoms with Crippen molar-refractivity contribution in [3.63, 3.8) is 0 Å². The van der Waals surface area contributed by atoms with Crippen LogP contribution >= 0.6 is 0 Å². The minimum Gasteiger partial charge on any atom is -0.454 e. The molecule has 41 heavy (non-hydrogen) atoms. The summed E-state index contributed by atoms with van der Waals surface area (Å²) in [6, 6.07) is 40.9. The first-order valence-electron chi connectivity index (χ1n) is 13.7. The molecule has 9 aromatic rings. The van der Waals surface area contributed by atoms with Crippen LogP contribution < -0.4 is 5.43 Å². The van der Waals surface area contributed by atoms with E-state index in [1.165, 1.54) is 10.8 Å². The van der Waals surface area contributed by atoms with Gasteiger partial charge in [-0.3, -0.25) is 4.79 Å². The molecule has 0 saturated heterocycles. The zero-order chi connectivity index (χ0) is 27.1. The number of hydrogen-bond donors (Lipinski definition) is 2. The highest BCUT2D eigenvalue weighted by Gasteiger charge is 2.19. The Morgan fingerprint density at radius 2 is 0.780 bits per heavy atom. The predicted octanol–water partition coefficient (Wildman–Crippen LogP) is 9.55. The number of aromatic nitrogens is 2. The van der Waals surface area contributed by atoms with Gasteiger partial charge in [0.15, 0.2) is 0 Å². The van der Waals surface area contributed by atoms with Crippen LogP contribution in [-0.4, -0.2) is 9.97 Å². The molecule has 9 rings (SSSR count). The zero-order valence-electron chi connectivity index (χ0n) is 21.9. The minimum absolute atomic E-state index is 0.0300. The largest absolute Gasteiger partial charge is 0.454 e. The average molecular weight is 527 g/mol. The summed E-state index contributed by atoms with van der Waals surface area (Å²) >= 11 is 0. The Kier molecular flexibility index (Phi) is 4.44. The molecular formula is C37H22N2O2. The Hall–Kier alpha value is -5.61. The maximum atomic E-state index is 14.0. The molecule has 3 aromatic heterocycles. The lowest BCUT2D eigenvalue weighted by molar-refractivity contribution is 0.662. The average Bonchev–Trinajstić information content (AvgIpc) is 3.60. The Morgan fingerprint density at radius 3 is 1.27 bits per heavy atom. The van der Waals surface area contributed by atoms with E-state index in [4.69, 9.17) is 4.42 Å². The van der Waals surface area contributed by atoms with Crippen molar-refractivity contribution in [2.24, 2.45) is 0 Å². The van der Waals surface area contributed by atoms with E-state index in [0.717, 1.165) is 55.1 Å². The third kappa shape index (κ3) is 3.07.